The fraction of sp³-hybridized carbons (Fsp3) is 0.0455. The molecule has 1 heterocycles. The Morgan fingerprint density at radius 3 is 2.35 bits per heavy atom. The molecule has 0 saturated carbocycles. The number of hydrogen-bond acceptors (Lipinski definition) is 5. The van der Waals surface area contributed by atoms with E-state index in [1.54, 1.807) is 18.2 Å². The lowest BCUT2D eigenvalue weighted by atomic mass is 10.1. The molecule has 1 N–H and O–H groups in total. The van der Waals surface area contributed by atoms with E-state index in [-0.39, 0.29) is 11.4 Å². The van der Waals surface area contributed by atoms with Crippen LogP contribution in [0, 0.1) is 17.0 Å². The lowest BCUT2D eigenvalue weighted by Gasteiger charge is -2.02. The number of non-ortho nitro benzene ring substituents is 1. The van der Waals surface area contributed by atoms with Gasteiger partial charge in [0.05, 0.1) is 22.0 Å². The van der Waals surface area contributed by atoms with Crippen LogP contribution in [0.3, 0.4) is 0 Å². The van der Waals surface area contributed by atoms with Crippen molar-refractivity contribution in [3.8, 4) is 16.9 Å². The predicted molar refractivity (Wildman–Crippen MR) is 119 cm³/mol. The topological polar surface area (TPSA) is 106 Å². The molecule has 3 aromatic carbocycles. The van der Waals surface area contributed by atoms with Crippen LogP contribution < -0.4 is 5.56 Å². The summed E-state index contributed by atoms with van der Waals surface area (Å²) in [7, 11) is 0. The van der Waals surface area contributed by atoms with Gasteiger partial charge in [0.25, 0.3) is 11.2 Å². The van der Waals surface area contributed by atoms with Crippen molar-refractivity contribution in [1.29, 1.82) is 0 Å². The van der Waals surface area contributed by atoms with E-state index in [1.165, 1.54) is 28.9 Å². The van der Waals surface area contributed by atoms with Crippen LogP contribution in [0.2, 0.25) is 5.02 Å². The molecule has 0 radical (unpaired) electrons. The molecule has 0 unspecified atom stereocenters. The molecule has 0 bridgehead atoms. The maximum absolute atomic E-state index is 13.2. The van der Waals surface area contributed by atoms with Crippen molar-refractivity contribution in [1.82, 2.24) is 9.78 Å². The third kappa shape index (κ3) is 4.01. The summed E-state index contributed by atoms with van der Waals surface area (Å²) in [4.78, 5) is 23.6. The Morgan fingerprint density at radius 1 is 0.968 bits per heavy atom. The van der Waals surface area contributed by atoms with Crippen LogP contribution in [0.25, 0.3) is 16.9 Å². The Hall–Kier alpha value is -4.04. The number of nitro groups is 1. The predicted octanol–water partition coefficient (Wildman–Crippen LogP) is 6.12. The Morgan fingerprint density at radius 2 is 1.68 bits per heavy atom. The highest BCUT2D eigenvalue weighted by Crippen LogP contribution is 2.30. The van der Waals surface area contributed by atoms with Gasteiger partial charge in [-0.2, -0.15) is 0 Å². The zero-order valence-corrected chi connectivity index (χ0v) is 17.1. The van der Waals surface area contributed by atoms with Gasteiger partial charge in [-0.05, 0) is 36.8 Å². The number of azo groups is 1. The van der Waals surface area contributed by atoms with Gasteiger partial charge >= 0.3 is 0 Å². The van der Waals surface area contributed by atoms with Gasteiger partial charge in [0.2, 0.25) is 0 Å². The second-order valence-electron chi connectivity index (χ2n) is 6.70. The zero-order valence-electron chi connectivity index (χ0n) is 16.3. The highest BCUT2D eigenvalue weighted by Gasteiger charge is 2.18. The first-order valence-corrected chi connectivity index (χ1v) is 9.65. The normalized spacial score (nSPS) is 11.2. The number of nitrogens with zero attached hydrogens (tertiary/aromatic N) is 4. The molecule has 31 heavy (non-hydrogen) atoms. The molecule has 0 fully saturated rings. The fourth-order valence-corrected chi connectivity index (χ4v) is 3.21. The molecule has 0 aliphatic carbocycles. The largest absolute Gasteiger partial charge is 0.299 e. The van der Waals surface area contributed by atoms with Crippen molar-refractivity contribution in [3.63, 3.8) is 0 Å². The minimum atomic E-state index is -0.496. The second kappa shape index (κ2) is 8.37. The number of benzene rings is 3. The smallest absolute Gasteiger partial charge is 0.288 e. The van der Waals surface area contributed by atoms with Crippen molar-refractivity contribution < 1.29 is 4.92 Å². The molecule has 154 valence electrons. The minimum Gasteiger partial charge on any atom is -0.288 e. The second-order valence-corrected chi connectivity index (χ2v) is 7.11. The first-order valence-electron chi connectivity index (χ1n) is 9.28. The summed E-state index contributed by atoms with van der Waals surface area (Å²) in [6.45, 7) is 1.82. The maximum Gasteiger partial charge on any atom is 0.299 e. The Bertz CT molecular complexity index is 1340. The number of H-pyrrole nitrogens is 1. The van der Waals surface area contributed by atoms with Crippen LogP contribution in [0.1, 0.15) is 5.56 Å². The van der Waals surface area contributed by atoms with Gasteiger partial charge in [0.15, 0.2) is 5.69 Å². The molecule has 8 nitrogen and oxygen atoms in total. The third-order valence-electron chi connectivity index (χ3n) is 4.74. The van der Waals surface area contributed by atoms with E-state index in [0.717, 1.165) is 11.1 Å². The molecule has 9 heteroatoms. The molecular formula is C22H16ClN5O3. The summed E-state index contributed by atoms with van der Waals surface area (Å²) < 4.78 is 1.28. The molecule has 0 atom stereocenters. The highest BCUT2D eigenvalue weighted by molar-refractivity contribution is 6.31. The molecule has 1 aromatic heterocycles. The molecule has 0 spiro atoms. The van der Waals surface area contributed by atoms with Gasteiger partial charge < -0.3 is 0 Å². The van der Waals surface area contributed by atoms with Crippen LogP contribution in [0.15, 0.2) is 87.8 Å². The quantitative estimate of drug-likeness (QED) is 0.233. The van der Waals surface area contributed by atoms with E-state index in [1.807, 2.05) is 37.3 Å². The summed E-state index contributed by atoms with van der Waals surface area (Å²) in [6, 6.07) is 20.2. The molecular weight excluding hydrogens is 418 g/mol. The highest BCUT2D eigenvalue weighted by atomic mass is 35.5. The Kier molecular flexibility index (Phi) is 5.46. The summed E-state index contributed by atoms with van der Waals surface area (Å²) in [6.07, 6.45) is 0. The number of halogens is 1. The van der Waals surface area contributed by atoms with Crippen molar-refractivity contribution in [2.75, 3.05) is 0 Å². The van der Waals surface area contributed by atoms with E-state index in [2.05, 4.69) is 15.3 Å². The summed E-state index contributed by atoms with van der Waals surface area (Å²) in [5.41, 5.74) is 2.58. The zero-order chi connectivity index (χ0) is 22.0. The molecule has 0 amide bonds. The van der Waals surface area contributed by atoms with E-state index < -0.39 is 10.5 Å². The monoisotopic (exact) mass is 433 g/mol. The molecule has 4 rings (SSSR count). The van der Waals surface area contributed by atoms with Crippen LogP contribution in [-0.4, -0.2) is 14.7 Å². The van der Waals surface area contributed by atoms with E-state index in [4.69, 9.17) is 11.6 Å². The molecule has 4 aromatic rings. The minimum absolute atomic E-state index is 0.0667. The number of nitrogens with one attached hydrogen (secondary N) is 1. The Balaban J connectivity index is 1.85. The standard InChI is InChI=1S/C22H16ClN5O3/c1-14-18(23)8-5-9-19(14)24-25-21-20(15-6-3-2-4-7-15)26-27(22(21)29)16-10-12-17(13-11-16)28(30)31/h2-13,26H,1H3. The van der Waals surface area contributed by atoms with Crippen molar-refractivity contribution >= 4 is 28.7 Å². The molecule has 0 aliphatic heterocycles. The number of aromatic nitrogens is 2. The first kappa shape index (κ1) is 20.2. The van der Waals surface area contributed by atoms with Gasteiger partial charge in [0.1, 0.15) is 0 Å². The number of aromatic amines is 1. The van der Waals surface area contributed by atoms with Crippen LogP contribution in [0.4, 0.5) is 17.1 Å². The van der Waals surface area contributed by atoms with Gasteiger partial charge in [-0.15, -0.1) is 10.2 Å². The van der Waals surface area contributed by atoms with Crippen LogP contribution in [0.5, 0.6) is 0 Å². The average Bonchev–Trinajstić information content (AvgIpc) is 3.11. The van der Waals surface area contributed by atoms with Crippen LogP contribution in [-0.2, 0) is 0 Å². The summed E-state index contributed by atoms with van der Waals surface area (Å²) in [5, 5.41) is 23.0. The first-order chi connectivity index (χ1) is 15.0. The molecule has 0 aliphatic rings. The lowest BCUT2D eigenvalue weighted by Crippen LogP contribution is -2.13. The van der Waals surface area contributed by atoms with Crippen molar-refractivity contribution in [3.05, 3.63) is 104 Å². The maximum atomic E-state index is 13.2. The van der Waals surface area contributed by atoms with Crippen LogP contribution >= 0.6 is 11.6 Å². The van der Waals surface area contributed by atoms with E-state index in [0.29, 0.717) is 22.1 Å². The number of nitro benzene ring substituents is 1. The van der Waals surface area contributed by atoms with E-state index >= 15 is 0 Å². The van der Waals surface area contributed by atoms with Crippen molar-refractivity contribution in [2.24, 2.45) is 10.2 Å². The van der Waals surface area contributed by atoms with Crippen molar-refractivity contribution in [2.45, 2.75) is 6.92 Å². The van der Waals surface area contributed by atoms with Gasteiger partial charge in [-0.3, -0.25) is 20.0 Å². The lowest BCUT2D eigenvalue weighted by molar-refractivity contribution is -0.384. The number of rotatable bonds is 5. The summed E-state index contributed by atoms with van der Waals surface area (Å²) in [5.74, 6) is 0. The average molecular weight is 434 g/mol. The Labute approximate surface area is 181 Å². The number of hydrogen-bond donors (Lipinski definition) is 1. The van der Waals surface area contributed by atoms with Gasteiger partial charge in [-0.1, -0.05) is 48.0 Å². The van der Waals surface area contributed by atoms with Gasteiger partial charge in [-0.25, -0.2) is 4.68 Å². The van der Waals surface area contributed by atoms with Gasteiger partial charge in [0, 0.05) is 22.7 Å². The summed E-state index contributed by atoms with van der Waals surface area (Å²) >= 11 is 6.15. The third-order valence-corrected chi connectivity index (χ3v) is 5.15. The SMILES string of the molecule is Cc1c(Cl)cccc1N=Nc1c(-c2ccccc2)[nH]n(-c2ccc([N+](=O)[O-])cc2)c1=O. The van der Waals surface area contributed by atoms with E-state index in [9.17, 15) is 14.9 Å². The fourth-order valence-electron chi connectivity index (χ4n) is 3.04. The molecule has 0 saturated heterocycles.